The largest absolute Gasteiger partial charge is 0.356 e. The summed E-state index contributed by atoms with van der Waals surface area (Å²) in [5.74, 6) is -0.407. The highest BCUT2D eigenvalue weighted by Crippen LogP contribution is 2.20. The number of aromatic nitrogens is 3. The molecule has 1 saturated heterocycles. The van der Waals surface area contributed by atoms with Gasteiger partial charge in [0.15, 0.2) is 0 Å². The number of carbonyl (C=O) groups is 2. The molecule has 2 aromatic rings. The lowest BCUT2D eigenvalue weighted by atomic mass is 10.2. The van der Waals surface area contributed by atoms with Crippen molar-refractivity contribution in [1.82, 2.24) is 24.8 Å². The van der Waals surface area contributed by atoms with E-state index in [0.29, 0.717) is 22.5 Å². The van der Waals surface area contributed by atoms with Gasteiger partial charge in [0.05, 0.1) is 24.2 Å². The van der Waals surface area contributed by atoms with Gasteiger partial charge in [-0.15, -0.1) is 0 Å². The molecule has 2 aliphatic heterocycles. The van der Waals surface area contributed by atoms with Crippen molar-refractivity contribution in [2.24, 2.45) is 0 Å². The van der Waals surface area contributed by atoms with E-state index in [1.807, 2.05) is 0 Å². The number of carbonyl (C=O) groups excluding carboxylic acids is 2. The average Bonchev–Trinajstić information content (AvgIpc) is 3.32. The zero-order valence-corrected chi connectivity index (χ0v) is 13.4. The van der Waals surface area contributed by atoms with Crippen LogP contribution < -0.4 is 11.2 Å². The summed E-state index contributed by atoms with van der Waals surface area (Å²) in [6.45, 7) is 1.76. The Morgan fingerprint density at radius 3 is 2.48 bits per heavy atom. The smallest absolute Gasteiger partial charge is 0.325 e. The highest BCUT2D eigenvalue weighted by Gasteiger charge is 2.29. The van der Waals surface area contributed by atoms with Crippen LogP contribution in [-0.4, -0.2) is 49.7 Å². The fourth-order valence-corrected chi connectivity index (χ4v) is 3.36. The lowest BCUT2D eigenvalue weighted by Crippen LogP contribution is -2.28. The molecule has 3 N–H and O–H groups in total. The number of hydrogen-bond acceptors (Lipinski definition) is 4. The number of hydrogen-bond donors (Lipinski definition) is 3. The minimum absolute atomic E-state index is 0.109. The van der Waals surface area contributed by atoms with Crippen LogP contribution in [0.3, 0.4) is 0 Å². The van der Waals surface area contributed by atoms with E-state index in [-0.39, 0.29) is 24.9 Å². The first kappa shape index (κ1) is 15.4. The molecule has 2 amide bonds. The summed E-state index contributed by atoms with van der Waals surface area (Å²) in [6, 6.07) is 1.54. The number of rotatable bonds is 2. The second-order valence-corrected chi connectivity index (χ2v) is 6.33. The molecule has 1 fully saturated rings. The summed E-state index contributed by atoms with van der Waals surface area (Å²) < 4.78 is 0. The summed E-state index contributed by atoms with van der Waals surface area (Å²) in [7, 11) is 0. The Kier molecular flexibility index (Phi) is 3.56. The average molecular weight is 343 g/mol. The van der Waals surface area contributed by atoms with E-state index in [9.17, 15) is 19.2 Å². The predicted octanol–water partition coefficient (Wildman–Crippen LogP) is -0.217. The summed E-state index contributed by atoms with van der Waals surface area (Å²) >= 11 is 0. The number of H-pyrrole nitrogens is 3. The topological polar surface area (TPSA) is 122 Å². The Morgan fingerprint density at radius 2 is 1.72 bits per heavy atom. The van der Waals surface area contributed by atoms with Gasteiger partial charge in [-0.25, -0.2) is 4.79 Å². The standard InChI is InChI=1S/C16H17N5O4/c22-13-10-7-21(8-12(10)18-16(25)19-13)14(23)9-5-11(17-6-9)15(24)20-3-1-2-4-20/h5-6,17H,1-4,7-8H2,(H2,18,19,22,25). The third kappa shape index (κ3) is 2.67. The van der Waals surface area contributed by atoms with Crippen molar-refractivity contribution in [3.05, 3.63) is 55.6 Å². The maximum atomic E-state index is 12.6. The third-order valence-corrected chi connectivity index (χ3v) is 4.67. The highest BCUT2D eigenvalue weighted by atomic mass is 16.2. The van der Waals surface area contributed by atoms with E-state index in [1.165, 1.54) is 11.1 Å². The molecule has 0 atom stereocenters. The van der Waals surface area contributed by atoms with E-state index in [1.54, 1.807) is 11.0 Å². The summed E-state index contributed by atoms with van der Waals surface area (Å²) in [4.78, 5) is 58.9. The lowest BCUT2D eigenvalue weighted by Gasteiger charge is -2.14. The molecule has 0 aromatic carbocycles. The summed E-state index contributed by atoms with van der Waals surface area (Å²) in [5.41, 5.74) is 0.511. The van der Waals surface area contributed by atoms with Gasteiger partial charge in [0.25, 0.3) is 17.4 Å². The normalized spacial score (nSPS) is 16.3. The van der Waals surface area contributed by atoms with Crippen molar-refractivity contribution in [3.8, 4) is 0 Å². The second-order valence-electron chi connectivity index (χ2n) is 6.33. The Hall–Kier alpha value is -3.10. The number of nitrogens with one attached hydrogen (secondary N) is 3. The maximum Gasteiger partial charge on any atom is 0.325 e. The minimum Gasteiger partial charge on any atom is -0.356 e. The molecular formula is C16H17N5O4. The van der Waals surface area contributed by atoms with Gasteiger partial charge in [0.1, 0.15) is 5.69 Å². The predicted molar refractivity (Wildman–Crippen MR) is 87.2 cm³/mol. The van der Waals surface area contributed by atoms with Gasteiger partial charge in [-0.1, -0.05) is 0 Å². The lowest BCUT2D eigenvalue weighted by molar-refractivity contribution is 0.0750. The molecule has 9 heteroatoms. The van der Waals surface area contributed by atoms with Gasteiger partial charge in [0, 0.05) is 25.0 Å². The number of fused-ring (bicyclic) bond motifs is 1. The van der Waals surface area contributed by atoms with Gasteiger partial charge in [0.2, 0.25) is 0 Å². The highest BCUT2D eigenvalue weighted by molar-refractivity contribution is 5.99. The van der Waals surface area contributed by atoms with Crippen molar-refractivity contribution in [2.75, 3.05) is 13.1 Å². The van der Waals surface area contributed by atoms with Crippen LogP contribution in [0.4, 0.5) is 0 Å². The first-order valence-electron chi connectivity index (χ1n) is 8.14. The van der Waals surface area contributed by atoms with Gasteiger partial charge in [-0.3, -0.25) is 19.4 Å². The van der Waals surface area contributed by atoms with E-state index >= 15 is 0 Å². The van der Waals surface area contributed by atoms with Crippen LogP contribution in [0.25, 0.3) is 0 Å². The minimum atomic E-state index is -0.585. The maximum absolute atomic E-state index is 12.6. The van der Waals surface area contributed by atoms with Crippen LogP contribution in [0.2, 0.25) is 0 Å². The molecule has 0 spiro atoms. The molecule has 4 rings (SSSR count). The first-order valence-corrected chi connectivity index (χ1v) is 8.14. The zero-order valence-electron chi connectivity index (χ0n) is 13.4. The molecule has 25 heavy (non-hydrogen) atoms. The van der Waals surface area contributed by atoms with Crippen LogP contribution in [0, 0.1) is 0 Å². The third-order valence-electron chi connectivity index (χ3n) is 4.67. The van der Waals surface area contributed by atoms with Gasteiger partial charge >= 0.3 is 5.69 Å². The fraction of sp³-hybridized carbons (Fsp3) is 0.375. The Morgan fingerprint density at radius 1 is 0.960 bits per heavy atom. The monoisotopic (exact) mass is 343 g/mol. The quantitative estimate of drug-likeness (QED) is 0.698. The van der Waals surface area contributed by atoms with E-state index in [0.717, 1.165) is 25.9 Å². The molecule has 0 unspecified atom stereocenters. The van der Waals surface area contributed by atoms with Crippen LogP contribution in [0.15, 0.2) is 21.9 Å². The van der Waals surface area contributed by atoms with Gasteiger partial charge < -0.3 is 19.8 Å². The first-order chi connectivity index (χ1) is 12.0. The molecule has 0 bridgehead atoms. The van der Waals surface area contributed by atoms with Crippen LogP contribution in [-0.2, 0) is 13.1 Å². The Balaban J connectivity index is 1.53. The van der Waals surface area contributed by atoms with Crippen molar-refractivity contribution >= 4 is 11.8 Å². The van der Waals surface area contributed by atoms with Crippen molar-refractivity contribution < 1.29 is 9.59 Å². The van der Waals surface area contributed by atoms with Crippen molar-refractivity contribution in [1.29, 1.82) is 0 Å². The molecule has 0 radical (unpaired) electrons. The molecule has 130 valence electrons. The number of likely N-dealkylation sites (tertiary alicyclic amines) is 1. The molecule has 2 aliphatic rings. The number of aromatic amines is 3. The van der Waals surface area contributed by atoms with Crippen molar-refractivity contribution in [2.45, 2.75) is 25.9 Å². The molecule has 4 heterocycles. The van der Waals surface area contributed by atoms with Gasteiger partial charge in [-0.2, -0.15) is 0 Å². The van der Waals surface area contributed by atoms with Gasteiger partial charge in [-0.05, 0) is 18.9 Å². The number of nitrogens with zero attached hydrogens (tertiary/aromatic N) is 2. The molecule has 0 aliphatic carbocycles. The summed E-state index contributed by atoms with van der Waals surface area (Å²) in [5, 5.41) is 0. The zero-order chi connectivity index (χ0) is 17.6. The van der Waals surface area contributed by atoms with Crippen LogP contribution >= 0.6 is 0 Å². The van der Waals surface area contributed by atoms with Crippen molar-refractivity contribution in [3.63, 3.8) is 0 Å². The SMILES string of the molecule is O=C(c1c[nH]c(C(=O)N2CCCC2)c1)N1Cc2[nH]c(=O)[nH]c(=O)c2C1. The molecule has 2 aromatic heterocycles. The number of amides is 2. The van der Waals surface area contributed by atoms with E-state index in [2.05, 4.69) is 15.0 Å². The van der Waals surface area contributed by atoms with Crippen LogP contribution in [0.5, 0.6) is 0 Å². The van der Waals surface area contributed by atoms with E-state index in [4.69, 9.17) is 0 Å². The molecule has 0 saturated carbocycles. The Labute approximate surface area is 141 Å². The summed E-state index contributed by atoms with van der Waals surface area (Å²) in [6.07, 6.45) is 3.50. The Bertz CT molecular complexity index is 963. The van der Waals surface area contributed by atoms with Crippen LogP contribution in [0.1, 0.15) is 44.9 Å². The van der Waals surface area contributed by atoms with E-state index < -0.39 is 11.2 Å². The second kappa shape index (κ2) is 5.76. The molecular weight excluding hydrogens is 326 g/mol. The molecule has 9 nitrogen and oxygen atoms in total. The fourth-order valence-electron chi connectivity index (χ4n) is 3.36.